The van der Waals surface area contributed by atoms with Crippen LogP contribution in [0.3, 0.4) is 0 Å². The highest BCUT2D eigenvalue weighted by Gasteiger charge is 2.19. The van der Waals surface area contributed by atoms with Gasteiger partial charge in [-0.15, -0.1) is 0 Å². The van der Waals surface area contributed by atoms with Gasteiger partial charge in [-0.05, 0) is 36.8 Å². The van der Waals surface area contributed by atoms with E-state index in [1.165, 1.54) is 11.1 Å². The molecule has 3 aromatic rings. The average molecular weight is 395 g/mol. The molecular weight excluding hydrogens is 372 g/mol. The summed E-state index contributed by atoms with van der Waals surface area (Å²) < 4.78 is 5.83. The minimum absolute atomic E-state index is 0.536. The fourth-order valence-electron chi connectivity index (χ4n) is 3.27. The molecule has 0 bridgehead atoms. The van der Waals surface area contributed by atoms with Crippen LogP contribution in [0.1, 0.15) is 11.1 Å². The maximum absolute atomic E-state index is 5.92. The van der Waals surface area contributed by atoms with Crippen molar-refractivity contribution in [3.05, 3.63) is 77.1 Å². The van der Waals surface area contributed by atoms with E-state index in [9.17, 15) is 0 Å². The van der Waals surface area contributed by atoms with E-state index in [4.69, 9.17) is 16.3 Å². The standard InChI is InChI=1S/C22H23ClN4O/c1-17-2-4-18(5-3-17)15-26-10-12-27(13-11-26)21-14-22(25-16-24-21)28-20-8-6-19(23)7-9-20/h2-9,14,16H,10-13,15H2,1H3. The summed E-state index contributed by atoms with van der Waals surface area (Å²) in [7, 11) is 0. The van der Waals surface area contributed by atoms with Gasteiger partial charge in [0.1, 0.15) is 17.9 Å². The SMILES string of the molecule is Cc1ccc(CN2CCN(c3cc(Oc4ccc(Cl)cc4)ncn3)CC2)cc1. The Morgan fingerprint density at radius 1 is 0.929 bits per heavy atom. The van der Waals surface area contributed by atoms with E-state index in [0.29, 0.717) is 16.7 Å². The number of aromatic nitrogens is 2. The topological polar surface area (TPSA) is 41.5 Å². The zero-order valence-corrected chi connectivity index (χ0v) is 16.6. The van der Waals surface area contributed by atoms with Gasteiger partial charge in [-0.2, -0.15) is 0 Å². The number of nitrogens with zero attached hydrogens (tertiary/aromatic N) is 4. The van der Waals surface area contributed by atoms with Crippen LogP contribution in [0.5, 0.6) is 11.6 Å². The molecule has 2 heterocycles. The van der Waals surface area contributed by atoms with Crippen molar-refractivity contribution in [2.45, 2.75) is 13.5 Å². The first kappa shape index (κ1) is 18.7. The van der Waals surface area contributed by atoms with Gasteiger partial charge >= 0.3 is 0 Å². The summed E-state index contributed by atoms with van der Waals surface area (Å²) in [5.41, 5.74) is 2.66. The van der Waals surface area contributed by atoms with Crippen molar-refractivity contribution in [2.75, 3.05) is 31.1 Å². The van der Waals surface area contributed by atoms with E-state index >= 15 is 0 Å². The Bertz CT molecular complexity index is 907. The smallest absolute Gasteiger partial charge is 0.224 e. The second-order valence-corrected chi connectivity index (χ2v) is 7.46. The van der Waals surface area contributed by atoms with Crippen LogP contribution in [-0.4, -0.2) is 41.0 Å². The molecule has 0 amide bonds. The summed E-state index contributed by atoms with van der Waals surface area (Å²) in [5, 5.41) is 0.680. The van der Waals surface area contributed by atoms with Crippen LogP contribution in [-0.2, 0) is 6.54 Å². The molecule has 2 aromatic carbocycles. The van der Waals surface area contributed by atoms with Crippen molar-refractivity contribution in [1.29, 1.82) is 0 Å². The van der Waals surface area contributed by atoms with Gasteiger partial charge in [-0.1, -0.05) is 41.4 Å². The molecule has 5 nitrogen and oxygen atoms in total. The van der Waals surface area contributed by atoms with E-state index in [1.54, 1.807) is 18.5 Å². The van der Waals surface area contributed by atoms with Gasteiger partial charge in [0, 0.05) is 43.8 Å². The van der Waals surface area contributed by atoms with E-state index < -0.39 is 0 Å². The highest BCUT2D eigenvalue weighted by Crippen LogP contribution is 2.24. The average Bonchev–Trinajstić information content (AvgIpc) is 2.72. The van der Waals surface area contributed by atoms with Crippen LogP contribution >= 0.6 is 11.6 Å². The van der Waals surface area contributed by atoms with Crippen LogP contribution in [0.15, 0.2) is 60.9 Å². The molecule has 0 spiro atoms. The quantitative estimate of drug-likeness (QED) is 0.634. The zero-order chi connectivity index (χ0) is 19.3. The van der Waals surface area contributed by atoms with E-state index in [-0.39, 0.29) is 0 Å². The fourth-order valence-corrected chi connectivity index (χ4v) is 3.39. The van der Waals surface area contributed by atoms with Crippen molar-refractivity contribution >= 4 is 17.4 Å². The minimum atomic E-state index is 0.536. The van der Waals surface area contributed by atoms with Crippen molar-refractivity contribution in [2.24, 2.45) is 0 Å². The molecule has 1 aliphatic heterocycles. The molecule has 4 rings (SSSR count). The number of rotatable bonds is 5. The van der Waals surface area contributed by atoms with E-state index in [0.717, 1.165) is 38.5 Å². The predicted octanol–water partition coefficient (Wildman–Crippen LogP) is 4.55. The van der Waals surface area contributed by atoms with Gasteiger partial charge in [0.05, 0.1) is 0 Å². The third-order valence-corrected chi connectivity index (χ3v) is 5.14. The van der Waals surface area contributed by atoms with Gasteiger partial charge < -0.3 is 9.64 Å². The molecule has 0 unspecified atom stereocenters. The number of hydrogen-bond acceptors (Lipinski definition) is 5. The summed E-state index contributed by atoms with van der Waals surface area (Å²) in [5.74, 6) is 2.14. The third-order valence-electron chi connectivity index (χ3n) is 4.89. The van der Waals surface area contributed by atoms with Crippen molar-refractivity contribution < 1.29 is 4.74 Å². The highest BCUT2D eigenvalue weighted by molar-refractivity contribution is 6.30. The first-order valence-corrected chi connectivity index (χ1v) is 9.82. The molecule has 0 aliphatic carbocycles. The molecule has 144 valence electrons. The maximum atomic E-state index is 5.92. The molecule has 1 aromatic heterocycles. The number of benzene rings is 2. The number of aryl methyl sites for hydroxylation is 1. The monoisotopic (exact) mass is 394 g/mol. The zero-order valence-electron chi connectivity index (χ0n) is 15.9. The van der Waals surface area contributed by atoms with Gasteiger partial charge in [0.25, 0.3) is 0 Å². The predicted molar refractivity (Wildman–Crippen MR) is 112 cm³/mol. The Hall–Kier alpha value is -2.63. The van der Waals surface area contributed by atoms with Gasteiger partial charge in [-0.3, -0.25) is 4.90 Å². The Balaban J connectivity index is 1.35. The number of ether oxygens (including phenoxy) is 1. The van der Waals surface area contributed by atoms with Crippen molar-refractivity contribution in [3.63, 3.8) is 0 Å². The van der Waals surface area contributed by atoms with Crippen molar-refractivity contribution in [3.8, 4) is 11.6 Å². The van der Waals surface area contributed by atoms with Gasteiger partial charge in [0.2, 0.25) is 5.88 Å². The molecule has 1 aliphatic rings. The number of hydrogen-bond donors (Lipinski definition) is 0. The second-order valence-electron chi connectivity index (χ2n) is 7.02. The lowest BCUT2D eigenvalue weighted by Crippen LogP contribution is -2.46. The molecule has 1 fully saturated rings. The third kappa shape index (κ3) is 4.80. The Labute approximate surface area is 170 Å². The van der Waals surface area contributed by atoms with Crippen LogP contribution in [0, 0.1) is 6.92 Å². The summed E-state index contributed by atoms with van der Waals surface area (Å²) in [4.78, 5) is 13.4. The summed E-state index contributed by atoms with van der Waals surface area (Å²) in [6, 6.07) is 17.9. The molecule has 1 saturated heterocycles. The maximum Gasteiger partial charge on any atom is 0.224 e. The van der Waals surface area contributed by atoms with E-state index in [1.807, 2.05) is 18.2 Å². The molecular formula is C22H23ClN4O. The summed E-state index contributed by atoms with van der Waals surface area (Å²) in [6.07, 6.45) is 1.55. The first-order chi connectivity index (χ1) is 13.7. The van der Waals surface area contributed by atoms with Crippen LogP contribution in [0.4, 0.5) is 5.82 Å². The highest BCUT2D eigenvalue weighted by atomic mass is 35.5. The summed E-state index contributed by atoms with van der Waals surface area (Å²) in [6.45, 7) is 6.99. The summed E-state index contributed by atoms with van der Waals surface area (Å²) >= 11 is 5.92. The number of anilines is 1. The molecule has 0 N–H and O–H groups in total. The Morgan fingerprint density at radius 3 is 2.36 bits per heavy atom. The molecule has 6 heteroatoms. The van der Waals surface area contributed by atoms with E-state index in [2.05, 4.69) is 51.0 Å². The first-order valence-electron chi connectivity index (χ1n) is 9.44. The van der Waals surface area contributed by atoms with Crippen LogP contribution in [0.2, 0.25) is 5.02 Å². The Kier molecular flexibility index (Phi) is 5.74. The lowest BCUT2D eigenvalue weighted by atomic mass is 10.1. The fraction of sp³-hybridized carbons (Fsp3) is 0.273. The van der Waals surface area contributed by atoms with Gasteiger partial charge in [0.15, 0.2) is 0 Å². The molecule has 0 saturated carbocycles. The van der Waals surface area contributed by atoms with Crippen molar-refractivity contribution in [1.82, 2.24) is 14.9 Å². The lowest BCUT2D eigenvalue weighted by molar-refractivity contribution is 0.249. The minimum Gasteiger partial charge on any atom is -0.439 e. The number of halogens is 1. The van der Waals surface area contributed by atoms with Crippen LogP contribution in [0.25, 0.3) is 0 Å². The lowest BCUT2D eigenvalue weighted by Gasteiger charge is -2.35. The normalized spacial score (nSPS) is 14.9. The largest absolute Gasteiger partial charge is 0.439 e. The van der Waals surface area contributed by atoms with Crippen LogP contribution < -0.4 is 9.64 Å². The second kappa shape index (κ2) is 8.59. The molecule has 0 atom stereocenters. The number of piperazine rings is 1. The molecule has 0 radical (unpaired) electrons. The Morgan fingerprint density at radius 2 is 1.64 bits per heavy atom. The molecule has 28 heavy (non-hydrogen) atoms. The van der Waals surface area contributed by atoms with Gasteiger partial charge in [-0.25, -0.2) is 9.97 Å².